The third-order valence-electron chi connectivity index (χ3n) is 0.451. The van der Waals surface area contributed by atoms with Gasteiger partial charge in [-0.05, 0) is 27.7 Å². The Morgan fingerprint density at radius 3 is 1.25 bits per heavy atom. The third kappa shape index (κ3) is 126. The summed E-state index contributed by atoms with van der Waals surface area (Å²) in [5, 5.41) is 0. The lowest BCUT2D eigenvalue weighted by molar-refractivity contribution is 1.42. The normalized spacial score (nSPS) is 7.50. The molecule has 0 aromatic rings. The van der Waals surface area contributed by atoms with Gasteiger partial charge in [-0.2, -0.15) is 0 Å². The maximum Gasteiger partial charge on any atom is -0.0404 e. The molecule has 0 N–H and O–H groups in total. The maximum absolute atomic E-state index is 3.66. The van der Waals surface area contributed by atoms with Crippen LogP contribution in [0.15, 0.2) is 36.5 Å². The van der Waals surface area contributed by atoms with Gasteiger partial charge in [-0.1, -0.05) is 43.7 Å². The highest BCUT2D eigenvalue weighted by molar-refractivity contribution is 5.09. The molecule has 0 radical (unpaired) electrons. The van der Waals surface area contributed by atoms with E-state index in [1.807, 2.05) is 53.7 Å². The Hall–Kier alpha value is -0.780. The molecule has 0 rings (SSSR count). The van der Waals surface area contributed by atoms with Crippen LogP contribution in [-0.2, 0) is 0 Å². The second-order valence-corrected chi connectivity index (χ2v) is 2.55. The number of rotatable bonds is 1. The molecule has 0 bridgehead atoms. The molecule has 0 heteroatoms. The zero-order valence-electron chi connectivity index (χ0n) is 9.57. The Morgan fingerprint density at radius 2 is 1.25 bits per heavy atom. The molecule has 0 saturated heterocycles. The number of allylic oxidation sites excluding steroid dienone is 4. The first-order chi connectivity index (χ1) is 5.50. The topological polar surface area (TPSA) is 0 Å². The second-order valence-electron chi connectivity index (χ2n) is 2.55. The van der Waals surface area contributed by atoms with E-state index in [0.29, 0.717) is 0 Å². The van der Waals surface area contributed by atoms with Crippen molar-refractivity contribution < 1.29 is 0 Å². The van der Waals surface area contributed by atoms with Crippen molar-refractivity contribution in [3.63, 3.8) is 0 Å². The van der Waals surface area contributed by atoms with Crippen molar-refractivity contribution in [3.05, 3.63) is 36.5 Å². The lowest BCUT2D eigenvalue weighted by Gasteiger charge is -1.75. The van der Waals surface area contributed by atoms with Crippen molar-refractivity contribution in [2.24, 2.45) is 0 Å². The first kappa shape index (κ1) is 17.3. The van der Waals surface area contributed by atoms with Crippen molar-refractivity contribution in [2.75, 3.05) is 0 Å². The lowest BCUT2D eigenvalue weighted by atomic mass is 10.3. The average Bonchev–Trinajstić information content (AvgIpc) is 1.90. The summed E-state index contributed by atoms with van der Waals surface area (Å²) in [5.41, 5.74) is 2.28. The first-order valence-electron chi connectivity index (χ1n) is 4.41. The molecule has 0 unspecified atom stereocenters. The van der Waals surface area contributed by atoms with Gasteiger partial charge >= 0.3 is 0 Å². The fourth-order valence-electron chi connectivity index (χ4n) is 0.285. The van der Waals surface area contributed by atoms with E-state index < -0.39 is 0 Å². The summed E-state index contributed by atoms with van der Waals surface area (Å²) in [6.45, 7) is 19.1. The molecule has 0 aromatic carbocycles. The lowest BCUT2D eigenvalue weighted by Crippen LogP contribution is -1.54. The van der Waals surface area contributed by atoms with Gasteiger partial charge < -0.3 is 0 Å². The summed E-state index contributed by atoms with van der Waals surface area (Å²) >= 11 is 0. The van der Waals surface area contributed by atoms with Crippen molar-refractivity contribution >= 4 is 0 Å². The van der Waals surface area contributed by atoms with Crippen LogP contribution in [-0.4, -0.2) is 0 Å². The molecule has 0 aliphatic rings. The van der Waals surface area contributed by atoms with Crippen LogP contribution in [0.4, 0.5) is 0 Å². The molecule has 72 valence electrons. The van der Waals surface area contributed by atoms with E-state index in [2.05, 4.69) is 13.2 Å². The molecule has 0 amide bonds. The Balaban J connectivity index is -0.000000118. The van der Waals surface area contributed by atoms with Gasteiger partial charge in [0.05, 0.1) is 0 Å². The van der Waals surface area contributed by atoms with E-state index in [1.54, 1.807) is 0 Å². The van der Waals surface area contributed by atoms with Crippen molar-refractivity contribution in [2.45, 2.75) is 41.5 Å². The quantitative estimate of drug-likeness (QED) is 0.391. The largest absolute Gasteiger partial charge is 0.100 e. The highest BCUT2D eigenvalue weighted by Crippen LogP contribution is 1.85. The summed E-state index contributed by atoms with van der Waals surface area (Å²) in [5.74, 6) is 0. The molecule has 0 aliphatic carbocycles. The van der Waals surface area contributed by atoms with Crippen LogP contribution in [0.5, 0.6) is 0 Å². The first-order valence-corrected chi connectivity index (χ1v) is 4.41. The number of hydrogen-bond donors (Lipinski definition) is 0. The molecular formula is C12H24. The summed E-state index contributed by atoms with van der Waals surface area (Å²) in [4.78, 5) is 0. The van der Waals surface area contributed by atoms with E-state index in [4.69, 9.17) is 0 Å². The van der Waals surface area contributed by atoms with Crippen LogP contribution < -0.4 is 0 Å². The molecule has 0 spiro atoms. The smallest absolute Gasteiger partial charge is 0.0404 e. The van der Waals surface area contributed by atoms with Crippen molar-refractivity contribution in [1.29, 1.82) is 0 Å². The van der Waals surface area contributed by atoms with E-state index >= 15 is 0 Å². The van der Waals surface area contributed by atoms with Gasteiger partial charge in [0, 0.05) is 0 Å². The highest BCUT2D eigenvalue weighted by atomic mass is 13.7. The van der Waals surface area contributed by atoms with Gasteiger partial charge in [-0.15, -0.1) is 6.58 Å². The van der Waals surface area contributed by atoms with Crippen LogP contribution in [0.25, 0.3) is 0 Å². The van der Waals surface area contributed by atoms with E-state index in [-0.39, 0.29) is 0 Å². The zero-order valence-corrected chi connectivity index (χ0v) is 9.57. The Labute approximate surface area is 78.7 Å². The summed E-state index contributed by atoms with van der Waals surface area (Å²) in [6, 6.07) is 0. The SMILES string of the molecule is C=C(C)/C=C\C.C=C(C)C.CC. The molecular weight excluding hydrogens is 144 g/mol. The van der Waals surface area contributed by atoms with E-state index in [9.17, 15) is 0 Å². The van der Waals surface area contributed by atoms with Gasteiger partial charge in [-0.3, -0.25) is 0 Å². The average molecular weight is 168 g/mol. The minimum Gasteiger partial charge on any atom is -0.100 e. The molecule has 0 fully saturated rings. The molecule has 0 nitrogen and oxygen atoms in total. The van der Waals surface area contributed by atoms with Gasteiger partial charge in [0.15, 0.2) is 0 Å². The van der Waals surface area contributed by atoms with Gasteiger partial charge in [0.1, 0.15) is 0 Å². The zero-order chi connectivity index (χ0) is 10.6. The Morgan fingerprint density at radius 1 is 1.00 bits per heavy atom. The molecule has 12 heavy (non-hydrogen) atoms. The second kappa shape index (κ2) is 16.7. The van der Waals surface area contributed by atoms with Crippen LogP contribution in [0.3, 0.4) is 0 Å². The van der Waals surface area contributed by atoms with Crippen LogP contribution in [0.2, 0.25) is 0 Å². The molecule has 0 atom stereocenters. The molecule has 0 heterocycles. The fourth-order valence-corrected chi connectivity index (χ4v) is 0.285. The maximum atomic E-state index is 3.66. The summed E-state index contributed by atoms with van der Waals surface area (Å²) in [6.07, 6.45) is 3.95. The minimum atomic E-state index is 1.11. The van der Waals surface area contributed by atoms with Crippen molar-refractivity contribution in [3.8, 4) is 0 Å². The van der Waals surface area contributed by atoms with Gasteiger partial charge in [0.25, 0.3) is 0 Å². The minimum absolute atomic E-state index is 1.11. The monoisotopic (exact) mass is 168 g/mol. The number of hydrogen-bond acceptors (Lipinski definition) is 0. The Kier molecular flexibility index (Phi) is 24.1. The van der Waals surface area contributed by atoms with Crippen LogP contribution >= 0.6 is 0 Å². The van der Waals surface area contributed by atoms with E-state index in [1.165, 1.54) is 5.57 Å². The van der Waals surface area contributed by atoms with Crippen molar-refractivity contribution in [1.82, 2.24) is 0 Å². The van der Waals surface area contributed by atoms with Crippen LogP contribution in [0.1, 0.15) is 41.5 Å². The standard InChI is InChI=1S/C6H10.C4H8.C2H6/c1-4-5-6(2)3;1-4(2)3;1-2/h4-5H,2H2,1,3H3;1H2,2-3H3;1-2H3/b5-4-;;. The predicted octanol–water partition coefficient (Wildman–Crippen LogP) is 4.75. The fraction of sp³-hybridized carbons (Fsp3) is 0.500. The Bertz CT molecular complexity index is 123. The summed E-state index contributed by atoms with van der Waals surface area (Å²) in [7, 11) is 0. The molecule has 0 aliphatic heterocycles. The highest BCUT2D eigenvalue weighted by Gasteiger charge is 1.63. The van der Waals surface area contributed by atoms with Gasteiger partial charge in [-0.25, -0.2) is 0 Å². The van der Waals surface area contributed by atoms with Gasteiger partial charge in [0.2, 0.25) is 0 Å². The van der Waals surface area contributed by atoms with Crippen LogP contribution in [0, 0.1) is 0 Å². The molecule has 0 aromatic heterocycles. The molecule has 0 saturated carbocycles. The van der Waals surface area contributed by atoms with E-state index in [0.717, 1.165) is 5.57 Å². The predicted molar refractivity (Wildman–Crippen MR) is 61.5 cm³/mol. The third-order valence-corrected chi connectivity index (χ3v) is 0.451. The summed E-state index contributed by atoms with van der Waals surface area (Å²) < 4.78 is 0.